The summed E-state index contributed by atoms with van der Waals surface area (Å²) < 4.78 is 24.4. The number of carbonyl (C=O) groups excluding carboxylic acids is 3. The van der Waals surface area contributed by atoms with Crippen molar-refractivity contribution in [1.82, 2.24) is 14.5 Å². The van der Waals surface area contributed by atoms with Crippen LogP contribution in [-0.2, 0) is 33.3 Å². The first-order valence-electron chi connectivity index (χ1n) is 12.7. The predicted molar refractivity (Wildman–Crippen MR) is 144 cm³/mol. The van der Waals surface area contributed by atoms with E-state index in [0.717, 1.165) is 16.8 Å². The first-order chi connectivity index (χ1) is 19.3. The second-order valence-corrected chi connectivity index (χ2v) is 9.24. The van der Waals surface area contributed by atoms with E-state index in [1.54, 1.807) is 4.57 Å². The molecule has 2 aromatic heterocycles. The highest BCUT2D eigenvalue weighted by atomic mass is 16.7. The first-order valence-corrected chi connectivity index (χ1v) is 12.7. The fraction of sp³-hybridized carbons (Fsp3) is 0.276. The molecule has 1 N–H and O–H groups in total. The van der Waals surface area contributed by atoms with E-state index < -0.39 is 42.4 Å². The first kappa shape index (κ1) is 26.8. The number of hydrogen-bond donors (Lipinski definition) is 1. The van der Waals surface area contributed by atoms with Gasteiger partial charge in [-0.3, -0.25) is 14.4 Å². The Morgan fingerprint density at radius 3 is 2.17 bits per heavy atom. The molecule has 0 unspecified atom stereocenters. The van der Waals surface area contributed by atoms with Crippen LogP contribution in [0.1, 0.15) is 27.0 Å². The molecule has 3 heterocycles. The molecule has 0 radical (unpaired) electrons. The van der Waals surface area contributed by atoms with Gasteiger partial charge in [0.25, 0.3) is 0 Å². The monoisotopic (exact) mass is 544 g/mol. The summed E-state index contributed by atoms with van der Waals surface area (Å²) >= 11 is 0. The number of carbonyl (C=O) groups is 3. The molecule has 0 bridgehead atoms. The van der Waals surface area contributed by atoms with E-state index >= 15 is 0 Å². The molecule has 11 nitrogen and oxygen atoms in total. The Kier molecular flexibility index (Phi) is 7.74. The zero-order valence-corrected chi connectivity index (χ0v) is 22.1. The summed E-state index contributed by atoms with van der Waals surface area (Å²) in [5, 5.41) is 4.07. The van der Waals surface area contributed by atoms with E-state index in [-0.39, 0.29) is 6.61 Å². The van der Waals surface area contributed by atoms with Crippen LogP contribution in [-0.4, -0.2) is 57.4 Å². The molecule has 4 aromatic rings. The van der Waals surface area contributed by atoms with E-state index in [0.29, 0.717) is 16.9 Å². The predicted octanol–water partition coefficient (Wildman–Crippen LogP) is 4.17. The van der Waals surface area contributed by atoms with Gasteiger partial charge in [-0.05, 0) is 17.7 Å². The minimum Gasteiger partial charge on any atom is -0.463 e. The third kappa shape index (κ3) is 5.64. The second-order valence-electron chi connectivity index (χ2n) is 9.24. The molecule has 1 aliphatic heterocycles. The molecule has 5 rings (SSSR count). The molecule has 40 heavy (non-hydrogen) atoms. The molecular weight excluding hydrogens is 516 g/mol. The van der Waals surface area contributed by atoms with Gasteiger partial charge in [0.2, 0.25) is 0 Å². The van der Waals surface area contributed by atoms with Crippen molar-refractivity contribution in [2.24, 2.45) is 0 Å². The maximum Gasteiger partial charge on any atom is 0.303 e. The quantitative estimate of drug-likeness (QED) is 0.255. The van der Waals surface area contributed by atoms with Crippen LogP contribution in [0.25, 0.3) is 22.2 Å². The van der Waals surface area contributed by atoms with Crippen molar-refractivity contribution < 1.29 is 33.3 Å². The smallest absolute Gasteiger partial charge is 0.303 e. The van der Waals surface area contributed by atoms with Gasteiger partial charge in [0.05, 0.1) is 5.39 Å². The van der Waals surface area contributed by atoms with Gasteiger partial charge in [0.1, 0.15) is 30.5 Å². The van der Waals surface area contributed by atoms with Crippen molar-refractivity contribution in [2.45, 2.75) is 45.3 Å². The number of aromatic nitrogens is 3. The third-order valence-electron chi connectivity index (χ3n) is 6.35. The van der Waals surface area contributed by atoms with Crippen molar-refractivity contribution in [3.8, 4) is 11.1 Å². The van der Waals surface area contributed by atoms with Gasteiger partial charge in [0, 0.05) is 38.2 Å². The van der Waals surface area contributed by atoms with E-state index in [1.807, 2.05) is 66.9 Å². The Balaban J connectivity index is 1.66. The topological polar surface area (TPSA) is 131 Å². The Morgan fingerprint density at radius 1 is 0.875 bits per heavy atom. The molecule has 4 atom stereocenters. The largest absolute Gasteiger partial charge is 0.463 e. The fourth-order valence-corrected chi connectivity index (χ4v) is 4.79. The lowest BCUT2D eigenvalue weighted by Gasteiger charge is -2.24. The molecule has 0 aliphatic carbocycles. The lowest BCUT2D eigenvalue weighted by atomic mass is 10.1. The molecule has 0 saturated carbocycles. The standard InChI is InChI=1S/C29H28N4O7/c1-17(34)37-15-23-25(38-18(2)35)26(39-19(3)36)29(40-23)33-14-22(20-10-6-4-7-11-20)24-27(30-16-31-28(24)33)32-21-12-8-5-9-13-21/h4-14,16,23,25-26,29H,15H2,1-3H3,(H,30,31,32)/t23-,25+,26+,29-/m1/s1. The molecule has 1 saturated heterocycles. The van der Waals surface area contributed by atoms with Crippen molar-refractivity contribution in [1.29, 1.82) is 0 Å². The molecule has 0 spiro atoms. The van der Waals surface area contributed by atoms with E-state index in [2.05, 4.69) is 15.3 Å². The minimum absolute atomic E-state index is 0.206. The van der Waals surface area contributed by atoms with Crippen LogP contribution < -0.4 is 5.32 Å². The molecule has 0 amide bonds. The lowest BCUT2D eigenvalue weighted by Crippen LogP contribution is -2.40. The highest BCUT2D eigenvalue weighted by molar-refractivity contribution is 6.02. The van der Waals surface area contributed by atoms with Gasteiger partial charge < -0.3 is 28.8 Å². The number of nitrogens with one attached hydrogen (secondary N) is 1. The van der Waals surface area contributed by atoms with Crippen molar-refractivity contribution >= 4 is 40.4 Å². The summed E-state index contributed by atoms with van der Waals surface area (Å²) in [5.41, 5.74) is 3.02. The zero-order valence-electron chi connectivity index (χ0n) is 22.1. The summed E-state index contributed by atoms with van der Waals surface area (Å²) in [5.74, 6) is -1.16. The molecule has 2 aromatic carbocycles. The molecule has 206 valence electrons. The summed E-state index contributed by atoms with van der Waals surface area (Å²) in [4.78, 5) is 44.9. The van der Waals surface area contributed by atoms with Gasteiger partial charge in [-0.25, -0.2) is 9.97 Å². The second kappa shape index (κ2) is 11.5. The highest BCUT2D eigenvalue weighted by Gasteiger charge is 2.51. The van der Waals surface area contributed by atoms with Crippen molar-refractivity contribution in [3.05, 3.63) is 73.2 Å². The molecule has 11 heteroatoms. The van der Waals surface area contributed by atoms with Crippen molar-refractivity contribution in [2.75, 3.05) is 11.9 Å². The van der Waals surface area contributed by atoms with Gasteiger partial charge in [-0.2, -0.15) is 0 Å². The molecule has 1 fully saturated rings. The van der Waals surface area contributed by atoms with Crippen LogP contribution in [0.2, 0.25) is 0 Å². The summed E-state index contributed by atoms with van der Waals surface area (Å²) in [6, 6.07) is 19.3. The minimum atomic E-state index is -1.05. The van der Waals surface area contributed by atoms with Gasteiger partial charge in [-0.15, -0.1) is 0 Å². The number of benzene rings is 2. The highest BCUT2D eigenvalue weighted by Crippen LogP contribution is 2.41. The van der Waals surface area contributed by atoms with Crippen molar-refractivity contribution in [3.63, 3.8) is 0 Å². The SMILES string of the molecule is CC(=O)OC[C@H]1O[C@@H](n2cc(-c3ccccc3)c3c(Nc4ccccc4)ncnc32)[C@@H](OC(C)=O)[C@H]1OC(C)=O. The number of hydrogen-bond acceptors (Lipinski definition) is 10. The van der Waals surface area contributed by atoms with Gasteiger partial charge >= 0.3 is 17.9 Å². The fourth-order valence-electron chi connectivity index (χ4n) is 4.79. The third-order valence-corrected chi connectivity index (χ3v) is 6.35. The number of ether oxygens (including phenoxy) is 4. The molecular formula is C29H28N4O7. The average molecular weight is 545 g/mol. The number of rotatable bonds is 8. The Morgan fingerprint density at radius 2 is 1.52 bits per heavy atom. The van der Waals surface area contributed by atoms with E-state index in [1.165, 1.54) is 27.1 Å². The summed E-state index contributed by atoms with van der Waals surface area (Å²) in [6.45, 7) is 3.56. The van der Waals surface area contributed by atoms with Gasteiger partial charge in [-0.1, -0.05) is 48.5 Å². The van der Waals surface area contributed by atoms with E-state index in [9.17, 15) is 14.4 Å². The summed E-state index contributed by atoms with van der Waals surface area (Å²) in [7, 11) is 0. The molecule has 1 aliphatic rings. The van der Waals surface area contributed by atoms with Crippen LogP contribution in [0, 0.1) is 0 Å². The number of fused-ring (bicyclic) bond motifs is 1. The lowest BCUT2D eigenvalue weighted by molar-refractivity contribution is -0.166. The maximum atomic E-state index is 12.2. The average Bonchev–Trinajstić information content (AvgIpc) is 3.47. The Labute approximate surface area is 230 Å². The normalized spacial score (nSPS) is 20.2. The van der Waals surface area contributed by atoms with Crippen LogP contribution in [0.3, 0.4) is 0 Å². The van der Waals surface area contributed by atoms with Crippen LogP contribution in [0.5, 0.6) is 0 Å². The number of nitrogens with zero attached hydrogens (tertiary/aromatic N) is 3. The zero-order chi connectivity index (χ0) is 28.2. The van der Waals surface area contributed by atoms with Gasteiger partial charge in [0.15, 0.2) is 18.4 Å². The van der Waals surface area contributed by atoms with Crippen LogP contribution in [0.15, 0.2) is 73.2 Å². The maximum absolute atomic E-state index is 12.2. The number of esters is 3. The van der Waals surface area contributed by atoms with Crippen LogP contribution >= 0.6 is 0 Å². The Bertz CT molecular complexity index is 1520. The number of para-hydroxylation sites is 1. The number of anilines is 2. The van der Waals surface area contributed by atoms with E-state index in [4.69, 9.17) is 18.9 Å². The summed E-state index contributed by atoms with van der Waals surface area (Å²) in [6.07, 6.45) is -0.690. The Hall–Kier alpha value is -4.77. The van der Waals surface area contributed by atoms with Crippen LogP contribution in [0.4, 0.5) is 11.5 Å².